The van der Waals surface area contributed by atoms with Crippen molar-refractivity contribution in [2.45, 2.75) is 19.3 Å². The van der Waals surface area contributed by atoms with E-state index in [1.807, 2.05) is 0 Å². The van der Waals surface area contributed by atoms with Gasteiger partial charge in [0.15, 0.2) is 0 Å². The quantitative estimate of drug-likeness (QED) is 0.168. The van der Waals surface area contributed by atoms with Crippen LogP contribution in [0.5, 0.6) is 0 Å². The van der Waals surface area contributed by atoms with Crippen LogP contribution >= 0.6 is 0 Å². The lowest BCUT2D eigenvalue weighted by Crippen LogP contribution is -2.52. The zero-order valence-electron chi connectivity index (χ0n) is 27.7. The minimum atomic E-state index is -0.0654. The maximum Gasteiger partial charge on any atom is 0.241 e. The summed E-state index contributed by atoms with van der Waals surface area (Å²) in [4.78, 5) is 5.13. The zero-order valence-corrected chi connectivity index (χ0v) is 27.7. The van der Waals surface area contributed by atoms with E-state index in [2.05, 4.69) is 194 Å². The van der Waals surface area contributed by atoms with Gasteiger partial charge >= 0.3 is 0 Å². The van der Waals surface area contributed by atoms with E-state index in [0.29, 0.717) is 0 Å². The summed E-state index contributed by atoms with van der Waals surface area (Å²) in [5, 5.41) is 0. The molecule has 0 bridgehead atoms. The Kier molecular flexibility index (Phi) is 6.95. The Labute approximate surface area is 288 Å². The average molecular weight is 627 g/mol. The Balaban J connectivity index is 1.17. The van der Waals surface area contributed by atoms with E-state index in [1.54, 1.807) is 0 Å². The molecule has 0 atom stereocenters. The Morgan fingerprint density at radius 1 is 0.469 bits per heavy atom. The number of nitrogens with zero attached hydrogens (tertiary/aromatic N) is 2. The summed E-state index contributed by atoms with van der Waals surface area (Å²) in [5.41, 5.74) is 16.0. The Bertz CT molecular complexity index is 2440. The normalized spacial score (nSPS) is 12.9. The molecular weight excluding hydrogens is 591 g/mol. The highest BCUT2D eigenvalue weighted by atomic mass is 15.1. The fraction of sp³-hybridized carbons (Fsp3) is 0.0652. The van der Waals surface area contributed by atoms with Gasteiger partial charge in [0.05, 0.1) is 11.0 Å². The molecule has 0 N–H and O–H groups in total. The summed E-state index contributed by atoms with van der Waals surface area (Å²) in [6.45, 7) is 4.79. The van der Waals surface area contributed by atoms with Gasteiger partial charge in [-0.2, -0.15) is 0 Å². The minimum Gasteiger partial charge on any atom is -0.292 e. The second-order valence-corrected chi connectivity index (χ2v) is 13.6. The molecule has 0 aliphatic heterocycles. The number of aromatic nitrogens is 2. The van der Waals surface area contributed by atoms with Gasteiger partial charge in [0.1, 0.15) is 5.82 Å². The van der Waals surface area contributed by atoms with E-state index in [4.69, 9.17) is 4.98 Å². The monoisotopic (exact) mass is 626 g/mol. The van der Waals surface area contributed by atoms with E-state index in [1.165, 1.54) is 49.8 Å². The Morgan fingerprint density at radius 2 is 1.02 bits per heavy atom. The fourth-order valence-corrected chi connectivity index (χ4v) is 7.86. The number of benzene rings is 7. The summed E-state index contributed by atoms with van der Waals surface area (Å²) < 4.78 is 2.27. The first kappa shape index (κ1) is 29.2. The predicted octanol–water partition coefficient (Wildman–Crippen LogP) is 9.18. The molecule has 1 aliphatic carbocycles. The van der Waals surface area contributed by atoms with Crippen LogP contribution in [0.4, 0.5) is 0 Å². The summed E-state index contributed by atoms with van der Waals surface area (Å²) in [6, 6.07) is 63.8. The van der Waals surface area contributed by atoms with Gasteiger partial charge in [-0.25, -0.2) is 4.98 Å². The maximum atomic E-state index is 5.13. The first-order valence-electron chi connectivity index (χ1n) is 17.1. The van der Waals surface area contributed by atoms with E-state index in [9.17, 15) is 0 Å². The minimum absolute atomic E-state index is 0.0654. The van der Waals surface area contributed by atoms with Crippen LogP contribution in [0.25, 0.3) is 50.4 Å². The molecule has 3 heteroatoms. The molecule has 232 valence electrons. The summed E-state index contributed by atoms with van der Waals surface area (Å²) in [6.07, 6.45) is 0. The van der Waals surface area contributed by atoms with E-state index in [-0.39, 0.29) is 12.1 Å². The van der Waals surface area contributed by atoms with Crippen LogP contribution in [0.1, 0.15) is 25.0 Å². The summed E-state index contributed by atoms with van der Waals surface area (Å²) >= 11 is 0. The zero-order chi connectivity index (χ0) is 33.0. The van der Waals surface area contributed by atoms with Crippen molar-refractivity contribution >= 4 is 34.1 Å². The molecule has 0 saturated heterocycles. The SMILES string of the molecule is CC1(C)c2ccccc2-c2ccc(B(c3ccc(-c4ccccc4)cc3)c3ccc(-c4nc5ccccc5n4-c4ccccc4)cc3)cc21. The molecule has 0 unspecified atom stereocenters. The molecule has 7 aromatic carbocycles. The molecule has 0 amide bonds. The standard InChI is InChI=1S/C46H35BN2/c1-46(2)41-18-10-9-17-39(41)40-30-29-37(31-42(40)46)47(35-25-21-33(22-26-35)32-13-5-3-6-14-32)36-27-23-34(24-28-36)45-48-43-19-11-12-20-44(43)49(45)38-15-7-4-8-16-38/h3-31H,1-2H3. The van der Waals surface area contributed by atoms with Gasteiger partial charge in [-0.1, -0.05) is 182 Å². The molecule has 0 radical (unpaired) electrons. The van der Waals surface area contributed by atoms with Gasteiger partial charge in [0.2, 0.25) is 6.71 Å². The van der Waals surface area contributed by atoms with Gasteiger partial charge in [0, 0.05) is 16.7 Å². The van der Waals surface area contributed by atoms with Crippen molar-refractivity contribution in [3.8, 4) is 39.3 Å². The number of hydrogen-bond acceptors (Lipinski definition) is 1. The Hall–Kier alpha value is -5.93. The van der Waals surface area contributed by atoms with Gasteiger partial charge in [-0.05, 0) is 57.6 Å². The highest BCUT2D eigenvalue weighted by Crippen LogP contribution is 2.48. The van der Waals surface area contributed by atoms with Crippen molar-refractivity contribution in [3.05, 3.63) is 187 Å². The van der Waals surface area contributed by atoms with Crippen LogP contribution in [0, 0.1) is 0 Å². The van der Waals surface area contributed by atoms with Crippen LogP contribution in [0.3, 0.4) is 0 Å². The Morgan fingerprint density at radius 3 is 1.76 bits per heavy atom. The lowest BCUT2D eigenvalue weighted by molar-refractivity contribution is 0.661. The lowest BCUT2D eigenvalue weighted by atomic mass is 9.36. The van der Waals surface area contributed by atoms with Gasteiger partial charge in [-0.15, -0.1) is 0 Å². The molecule has 0 fully saturated rings. The smallest absolute Gasteiger partial charge is 0.241 e. The van der Waals surface area contributed by atoms with Crippen LogP contribution in [0.2, 0.25) is 0 Å². The second kappa shape index (κ2) is 11.6. The highest BCUT2D eigenvalue weighted by Gasteiger charge is 2.36. The van der Waals surface area contributed by atoms with Gasteiger partial charge in [0.25, 0.3) is 0 Å². The summed E-state index contributed by atoms with van der Waals surface area (Å²) in [5.74, 6) is 0.944. The number of imidazole rings is 1. The van der Waals surface area contributed by atoms with Crippen LogP contribution in [-0.4, -0.2) is 16.3 Å². The van der Waals surface area contributed by atoms with Crippen molar-refractivity contribution in [2.24, 2.45) is 0 Å². The number of hydrogen-bond donors (Lipinski definition) is 0. The first-order chi connectivity index (χ1) is 24.1. The predicted molar refractivity (Wildman–Crippen MR) is 207 cm³/mol. The van der Waals surface area contributed by atoms with Gasteiger partial charge in [-0.3, -0.25) is 4.57 Å². The molecule has 1 aliphatic rings. The van der Waals surface area contributed by atoms with Crippen molar-refractivity contribution in [2.75, 3.05) is 0 Å². The van der Waals surface area contributed by atoms with Gasteiger partial charge < -0.3 is 0 Å². The van der Waals surface area contributed by atoms with Crippen LogP contribution < -0.4 is 16.4 Å². The van der Waals surface area contributed by atoms with Crippen molar-refractivity contribution in [1.82, 2.24) is 9.55 Å². The maximum absolute atomic E-state index is 5.13. The van der Waals surface area contributed by atoms with Crippen molar-refractivity contribution in [3.63, 3.8) is 0 Å². The number of rotatable bonds is 6. The molecule has 8 aromatic rings. The third-order valence-corrected chi connectivity index (χ3v) is 10.4. The van der Waals surface area contributed by atoms with E-state index < -0.39 is 0 Å². The number of fused-ring (bicyclic) bond motifs is 4. The summed E-state index contributed by atoms with van der Waals surface area (Å²) in [7, 11) is 0. The van der Waals surface area contributed by atoms with Crippen molar-refractivity contribution in [1.29, 1.82) is 0 Å². The molecule has 1 heterocycles. The van der Waals surface area contributed by atoms with Crippen LogP contribution in [-0.2, 0) is 5.41 Å². The molecule has 2 nitrogen and oxygen atoms in total. The second-order valence-electron chi connectivity index (χ2n) is 13.6. The molecular formula is C46H35BN2. The largest absolute Gasteiger partial charge is 0.292 e. The van der Waals surface area contributed by atoms with E-state index in [0.717, 1.165) is 28.1 Å². The fourth-order valence-electron chi connectivity index (χ4n) is 7.86. The lowest BCUT2D eigenvalue weighted by Gasteiger charge is -2.23. The molecule has 0 spiro atoms. The first-order valence-corrected chi connectivity index (χ1v) is 17.1. The highest BCUT2D eigenvalue weighted by molar-refractivity contribution is 6.95. The third-order valence-electron chi connectivity index (χ3n) is 10.4. The topological polar surface area (TPSA) is 17.8 Å². The third kappa shape index (κ3) is 4.93. The van der Waals surface area contributed by atoms with E-state index >= 15 is 0 Å². The molecule has 0 saturated carbocycles. The molecule has 49 heavy (non-hydrogen) atoms. The molecule has 9 rings (SSSR count). The van der Waals surface area contributed by atoms with Crippen molar-refractivity contribution < 1.29 is 0 Å². The molecule has 1 aromatic heterocycles. The van der Waals surface area contributed by atoms with Crippen LogP contribution in [0.15, 0.2) is 176 Å². The number of para-hydroxylation sites is 3. The average Bonchev–Trinajstić information content (AvgIpc) is 3.66.